The Morgan fingerprint density at radius 3 is 2.44 bits per heavy atom. The monoisotopic (exact) mass is 384 g/mol. The van der Waals surface area contributed by atoms with Gasteiger partial charge in [0.2, 0.25) is 23.5 Å². The second kappa shape index (κ2) is 8.59. The molecule has 2 aromatic heterocycles. The van der Waals surface area contributed by atoms with E-state index in [1.54, 1.807) is 24.3 Å². The molecule has 1 aromatic carbocycles. The summed E-state index contributed by atoms with van der Waals surface area (Å²) in [7, 11) is 0. The highest BCUT2D eigenvalue weighted by atomic mass is 32.1. The SMILES string of the molecule is CC(C)C(=O)Nc1ccc(NC(=O)CCc2nc(-c3cccs3)no2)cc1. The van der Waals surface area contributed by atoms with Crippen LogP contribution in [0.1, 0.15) is 26.2 Å². The Hall–Kier alpha value is -3.00. The zero-order valence-electron chi connectivity index (χ0n) is 15.1. The van der Waals surface area contributed by atoms with Crippen molar-refractivity contribution in [3.8, 4) is 10.7 Å². The van der Waals surface area contributed by atoms with Gasteiger partial charge in [-0.05, 0) is 35.7 Å². The molecule has 3 rings (SSSR count). The number of nitrogens with zero attached hydrogens (tertiary/aromatic N) is 2. The van der Waals surface area contributed by atoms with Crippen molar-refractivity contribution < 1.29 is 14.1 Å². The Labute approximate surface area is 160 Å². The van der Waals surface area contributed by atoms with Gasteiger partial charge in [0.15, 0.2) is 0 Å². The predicted octanol–water partition coefficient (Wildman–Crippen LogP) is 3.96. The molecule has 0 spiro atoms. The number of anilines is 2. The molecule has 0 radical (unpaired) electrons. The Morgan fingerprint density at radius 2 is 1.81 bits per heavy atom. The Balaban J connectivity index is 1.48. The van der Waals surface area contributed by atoms with E-state index in [9.17, 15) is 9.59 Å². The van der Waals surface area contributed by atoms with Gasteiger partial charge in [0.1, 0.15) is 0 Å². The van der Waals surface area contributed by atoms with E-state index in [1.165, 1.54) is 11.3 Å². The molecule has 0 unspecified atom stereocenters. The third-order valence-electron chi connectivity index (χ3n) is 3.74. The van der Waals surface area contributed by atoms with Crippen LogP contribution < -0.4 is 10.6 Å². The standard InChI is InChI=1S/C19H20N4O3S/c1-12(2)19(25)21-14-7-5-13(6-8-14)20-16(24)9-10-17-22-18(23-26-17)15-4-3-11-27-15/h3-8,11-12H,9-10H2,1-2H3,(H,20,24)(H,21,25). The molecule has 2 amide bonds. The summed E-state index contributed by atoms with van der Waals surface area (Å²) in [6, 6.07) is 10.8. The molecule has 0 bridgehead atoms. The maximum atomic E-state index is 12.1. The molecule has 27 heavy (non-hydrogen) atoms. The second-order valence-electron chi connectivity index (χ2n) is 6.26. The third kappa shape index (κ3) is 5.24. The smallest absolute Gasteiger partial charge is 0.227 e. The molecular weight excluding hydrogens is 364 g/mol. The largest absolute Gasteiger partial charge is 0.339 e. The van der Waals surface area contributed by atoms with Gasteiger partial charge in [-0.1, -0.05) is 25.1 Å². The first-order valence-electron chi connectivity index (χ1n) is 8.58. The van der Waals surface area contributed by atoms with E-state index in [1.807, 2.05) is 31.4 Å². The minimum atomic E-state index is -0.148. The van der Waals surface area contributed by atoms with Gasteiger partial charge in [0, 0.05) is 30.1 Å². The average molecular weight is 384 g/mol. The fourth-order valence-electron chi connectivity index (χ4n) is 2.23. The Morgan fingerprint density at radius 1 is 1.11 bits per heavy atom. The van der Waals surface area contributed by atoms with Gasteiger partial charge in [-0.2, -0.15) is 4.98 Å². The number of aromatic nitrogens is 2. The van der Waals surface area contributed by atoms with Gasteiger partial charge in [-0.25, -0.2) is 0 Å². The molecule has 3 aromatic rings. The van der Waals surface area contributed by atoms with Crippen molar-refractivity contribution in [2.75, 3.05) is 10.6 Å². The molecule has 0 aliphatic heterocycles. The highest BCUT2D eigenvalue weighted by Gasteiger charge is 2.12. The molecule has 2 heterocycles. The lowest BCUT2D eigenvalue weighted by Crippen LogP contribution is -2.17. The predicted molar refractivity (Wildman–Crippen MR) is 104 cm³/mol. The van der Waals surface area contributed by atoms with E-state index < -0.39 is 0 Å². The van der Waals surface area contributed by atoms with Crippen LogP contribution in [0.2, 0.25) is 0 Å². The van der Waals surface area contributed by atoms with Gasteiger partial charge < -0.3 is 15.2 Å². The number of carbonyl (C=O) groups is 2. The normalized spacial score (nSPS) is 10.8. The average Bonchev–Trinajstić information content (AvgIpc) is 3.33. The first-order chi connectivity index (χ1) is 13.0. The van der Waals surface area contributed by atoms with E-state index in [4.69, 9.17) is 4.52 Å². The zero-order chi connectivity index (χ0) is 19.2. The molecule has 0 fully saturated rings. The summed E-state index contributed by atoms with van der Waals surface area (Å²) < 4.78 is 5.19. The van der Waals surface area contributed by atoms with Crippen molar-refractivity contribution >= 4 is 34.5 Å². The molecule has 0 atom stereocenters. The topological polar surface area (TPSA) is 97.1 Å². The van der Waals surface area contributed by atoms with E-state index in [0.29, 0.717) is 29.5 Å². The van der Waals surface area contributed by atoms with Crippen molar-refractivity contribution in [1.82, 2.24) is 10.1 Å². The zero-order valence-corrected chi connectivity index (χ0v) is 15.9. The molecule has 0 aliphatic carbocycles. The summed E-state index contributed by atoms with van der Waals surface area (Å²) in [6.45, 7) is 3.66. The lowest BCUT2D eigenvalue weighted by molar-refractivity contribution is -0.119. The van der Waals surface area contributed by atoms with Crippen LogP contribution in [0.25, 0.3) is 10.7 Å². The number of hydrogen-bond acceptors (Lipinski definition) is 6. The fourth-order valence-corrected chi connectivity index (χ4v) is 2.88. The number of amides is 2. The summed E-state index contributed by atoms with van der Waals surface area (Å²) in [6.07, 6.45) is 0.602. The number of aryl methyl sites for hydroxylation is 1. The van der Waals surface area contributed by atoms with E-state index in [-0.39, 0.29) is 24.2 Å². The van der Waals surface area contributed by atoms with Crippen molar-refractivity contribution in [2.24, 2.45) is 5.92 Å². The molecule has 0 aliphatic rings. The van der Waals surface area contributed by atoms with Crippen LogP contribution in [-0.2, 0) is 16.0 Å². The van der Waals surface area contributed by atoms with Crippen molar-refractivity contribution in [3.05, 3.63) is 47.7 Å². The molecule has 8 heteroatoms. The Bertz CT molecular complexity index is 901. The summed E-state index contributed by atoms with van der Waals surface area (Å²) in [5.41, 5.74) is 1.35. The van der Waals surface area contributed by atoms with Crippen LogP contribution in [0.15, 0.2) is 46.3 Å². The number of carbonyl (C=O) groups excluding carboxylic acids is 2. The molecule has 140 valence electrons. The summed E-state index contributed by atoms with van der Waals surface area (Å²) in [4.78, 5) is 29.0. The summed E-state index contributed by atoms with van der Waals surface area (Å²) in [5, 5.41) is 11.5. The van der Waals surface area contributed by atoms with Crippen molar-refractivity contribution in [2.45, 2.75) is 26.7 Å². The van der Waals surface area contributed by atoms with Crippen LogP contribution >= 0.6 is 11.3 Å². The quantitative estimate of drug-likeness (QED) is 0.642. The van der Waals surface area contributed by atoms with Gasteiger partial charge in [-0.3, -0.25) is 9.59 Å². The van der Waals surface area contributed by atoms with Crippen molar-refractivity contribution in [3.63, 3.8) is 0 Å². The molecule has 2 N–H and O–H groups in total. The van der Waals surface area contributed by atoms with Gasteiger partial charge >= 0.3 is 0 Å². The maximum absolute atomic E-state index is 12.1. The first-order valence-corrected chi connectivity index (χ1v) is 9.46. The first kappa shape index (κ1) is 18.8. The van der Waals surface area contributed by atoms with Crippen LogP contribution in [0, 0.1) is 5.92 Å². The highest BCUT2D eigenvalue weighted by Crippen LogP contribution is 2.21. The Kier molecular flexibility index (Phi) is 5.97. The lowest BCUT2D eigenvalue weighted by Gasteiger charge is -2.09. The molecular formula is C19H20N4O3S. The van der Waals surface area contributed by atoms with Gasteiger partial charge in [-0.15, -0.1) is 11.3 Å². The minimum absolute atomic E-state index is 0.0479. The van der Waals surface area contributed by atoms with Crippen molar-refractivity contribution in [1.29, 1.82) is 0 Å². The number of nitrogens with one attached hydrogen (secondary N) is 2. The van der Waals surface area contributed by atoms with Crippen LogP contribution in [-0.4, -0.2) is 22.0 Å². The van der Waals surface area contributed by atoms with E-state index in [2.05, 4.69) is 20.8 Å². The van der Waals surface area contributed by atoms with E-state index >= 15 is 0 Å². The fraction of sp³-hybridized carbons (Fsp3) is 0.263. The summed E-state index contributed by atoms with van der Waals surface area (Å²) >= 11 is 1.53. The number of rotatable bonds is 7. The number of thiophene rings is 1. The minimum Gasteiger partial charge on any atom is -0.339 e. The molecule has 7 nitrogen and oxygen atoms in total. The van der Waals surface area contributed by atoms with Gasteiger partial charge in [0.05, 0.1) is 4.88 Å². The third-order valence-corrected chi connectivity index (χ3v) is 4.60. The van der Waals surface area contributed by atoms with E-state index in [0.717, 1.165) is 4.88 Å². The number of hydrogen-bond donors (Lipinski definition) is 2. The second-order valence-corrected chi connectivity index (χ2v) is 7.21. The molecule has 0 saturated carbocycles. The van der Waals surface area contributed by atoms with Gasteiger partial charge in [0.25, 0.3) is 0 Å². The van der Waals surface area contributed by atoms with Crippen LogP contribution in [0.4, 0.5) is 11.4 Å². The van der Waals surface area contributed by atoms with Crippen LogP contribution in [0.5, 0.6) is 0 Å². The molecule has 0 saturated heterocycles. The highest BCUT2D eigenvalue weighted by molar-refractivity contribution is 7.13. The maximum Gasteiger partial charge on any atom is 0.227 e. The number of benzene rings is 1. The van der Waals surface area contributed by atoms with Crippen LogP contribution in [0.3, 0.4) is 0 Å². The summed E-state index contributed by atoms with van der Waals surface area (Å²) in [5.74, 6) is 0.687. The lowest BCUT2D eigenvalue weighted by atomic mass is 10.2.